The predicted octanol–water partition coefficient (Wildman–Crippen LogP) is 7.43. The van der Waals surface area contributed by atoms with Gasteiger partial charge in [0.25, 0.3) is 0 Å². The molecule has 0 radical (unpaired) electrons. The lowest BCUT2D eigenvalue weighted by Crippen LogP contribution is -1.89. The third kappa shape index (κ3) is 2.68. The normalized spacial score (nSPS) is 11.3. The largest absolute Gasteiger partial charge is 0.344 e. The van der Waals surface area contributed by atoms with Crippen LogP contribution in [0.1, 0.15) is 0 Å². The Morgan fingerprint density at radius 3 is 2.11 bits per heavy atom. The van der Waals surface area contributed by atoms with Gasteiger partial charge in [0.1, 0.15) is 0 Å². The SMILES string of the molecule is Cn1c2ccccc2c2c(-c3ccccc3)cc(-c3ccc(Br)cc3)cc21. The third-order valence-corrected chi connectivity index (χ3v) is 5.80. The molecule has 130 valence electrons. The van der Waals surface area contributed by atoms with Crippen LogP contribution in [0.3, 0.4) is 0 Å². The molecule has 0 amide bonds. The number of benzene rings is 4. The summed E-state index contributed by atoms with van der Waals surface area (Å²) in [7, 11) is 2.16. The molecule has 0 spiro atoms. The van der Waals surface area contributed by atoms with Crippen molar-refractivity contribution in [3.63, 3.8) is 0 Å². The van der Waals surface area contributed by atoms with Crippen LogP contribution in [-0.4, -0.2) is 4.57 Å². The van der Waals surface area contributed by atoms with E-state index in [2.05, 4.69) is 119 Å². The number of hydrogen-bond acceptors (Lipinski definition) is 0. The van der Waals surface area contributed by atoms with E-state index in [-0.39, 0.29) is 0 Å². The fraction of sp³-hybridized carbons (Fsp3) is 0.0400. The van der Waals surface area contributed by atoms with Crippen molar-refractivity contribution in [2.24, 2.45) is 7.05 Å². The average Bonchev–Trinajstić information content (AvgIpc) is 3.01. The lowest BCUT2D eigenvalue weighted by molar-refractivity contribution is 1.01. The highest BCUT2D eigenvalue weighted by molar-refractivity contribution is 9.10. The van der Waals surface area contributed by atoms with Gasteiger partial charge in [0.15, 0.2) is 0 Å². The summed E-state index contributed by atoms with van der Waals surface area (Å²) in [5.74, 6) is 0. The van der Waals surface area contributed by atoms with Crippen molar-refractivity contribution in [1.82, 2.24) is 4.57 Å². The van der Waals surface area contributed by atoms with Gasteiger partial charge < -0.3 is 4.57 Å². The minimum Gasteiger partial charge on any atom is -0.344 e. The summed E-state index contributed by atoms with van der Waals surface area (Å²) >= 11 is 3.54. The van der Waals surface area contributed by atoms with Gasteiger partial charge in [0.05, 0.1) is 5.52 Å². The predicted molar refractivity (Wildman–Crippen MR) is 119 cm³/mol. The van der Waals surface area contributed by atoms with Gasteiger partial charge in [-0.3, -0.25) is 0 Å². The Balaban J connectivity index is 1.91. The molecule has 0 aliphatic rings. The zero-order valence-electron chi connectivity index (χ0n) is 15.0. The molecule has 1 nitrogen and oxygen atoms in total. The van der Waals surface area contributed by atoms with Gasteiger partial charge in [-0.15, -0.1) is 0 Å². The van der Waals surface area contributed by atoms with Crippen LogP contribution in [0.25, 0.3) is 44.1 Å². The van der Waals surface area contributed by atoms with E-state index in [1.165, 1.54) is 44.1 Å². The second-order valence-electron chi connectivity index (χ2n) is 6.87. The lowest BCUT2D eigenvalue weighted by atomic mass is 9.94. The summed E-state index contributed by atoms with van der Waals surface area (Å²) in [5.41, 5.74) is 7.51. The molecule has 0 saturated carbocycles. The quantitative estimate of drug-likeness (QED) is 0.284. The van der Waals surface area contributed by atoms with Crippen LogP contribution in [0, 0.1) is 0 Å². The van der Waals surface area contributed by atoms with Crippen LogP contribution in [-0.2, 0) is 7.05 Å². The van der Waals surface area contributed by atoms with E-state index in [1.807, 2.05) is 0 Å². The molecular weight excluding hydrogens is 394 g/mol. The van der Waals surface area contributed by atoms with E-state index in [0.29, 0.717) is 0 Å². The monoisotopic (exact) mass is 411 g/mol. The summed E-state index contributed by atoms with van der Waals surface area (Å²) < 4.78 is 3.40. The smallest absolute Gasteiger partial charge is 0.0501 e. The molecule has 2 heteroatoms. The van der Waals surface area contributed by atoms with E-state index in [0.717, 1.165) is 4.47 Å². The Labute approximate surface area is 167 Å². The molecule has 0 aliphatic heterocycles. The first-order valence-corrected chi connectivity index (χ1v) is 9.84. The Bertz CT molecular complexity index is 1260. The zero-order valence-corrected chi connectivity index (χ0v) is 16.6. The molecule has 0 saturated heterocycles. The molecule has 5 rings (SSSR count). The molecule has 0 atom stereocenters. The molecule has 0 bridgehead atoms. The summed E-state index contributed by atoms with van der Waals surface area (Å²) in [6, 6.07) is 32.5. The standard InChI is InChI=1S/C25H18BrN/c1-27-23-10-6-5-9-21(23)25-22(18-7-3-2-4-8-18)15-19(16-24(25)27)17-11-13-20(26)14-12-17/h2-16H,1H3. The molecule has 1 heterocycles. The van der Waals surface area contributed by atoms with Crippen molar-refractivity contribution in [3.8, 4) is 22.3 Å². The minimum atomic E-state index is 1.10. The molecule has 0 aliphatic carbocycles. The number of para-hydroxylation sites is 1. The zero-order chi connectivity index (χ0) is 18.4. The van der Waals surface area contributed by atoms with Gasteiger partial charge in [-0.2, -0.15) is 0 Å². The first-order valence-electron chi connectivity index (χ1n) is 9.05. The molecule has 0 fully saturated rings. The van der Waals surface area contributed by atoms with E-state index in [1.54, 1.807) is 0 Å². The van der Waals surface area contributed by atoms with E-state index >= 15 is 0 Å². The number of aryl methyl sites for hydroxylation is 1. The van der Waals surface area contributed by atoms with Crippen LogP contribution in [0.2, 0.25) is 0 Å². The maximum Gasteiger partial charge on any atom is 0.0501 e. The first-order chi connectivity index (χ1) is 13.2. The summed E-state index contributed by atoms with van der Waals surface area (Å²) in [6.45, 7) is 0. The van der Waals surface area contributed by atoms with Crippen molar-refractivity contribution >= 4 is 37.7 Å². The van der Waals surface area contributed by atoms with Crippen LogP contribution in [0.5, 0.6) is 0 Å². The fourth-order valence-electron chi connectivity index (χ4n) is 3.94. The summed E-state index contributed by atoms with van der Waals surface area (Å²) in [6.07, 6.45) is 0. The molecule has 27 heavy (non-hydrogen) atoms. The van der Waals surface area contributed by atoms with E-state index < -0.39 is 0 Å². The Morgan fingerprint density at radius 1 is 0.630 bits per heavy atom. The summed E-state index contributed by atoms with van der Waals surface area (Å²) in [5, 5.41) is 2.62. The van der Waals surface area contributed by atoms with Gasteiger partial charge in [-0.05, 0) is 52.6 Å². The van der Waals surface area contributed by atoms with Gasteiger partial charge in [0, 0.05) is 27.8 Å². The Hall–Kier alpha value is -2.84. The highest BCUT2D eigenvalue weighted by Crippen LogP contribution is 2.39. The van der Waals surface area contributed by atoms with Crippen molar-refractivity contribution in [2.75, 3.05) is 0 Å². The first kappa shape index (κ1) is 16.3. The number of fused-ring (bicyclic) bond motifs is 3. The van der Waals surface area contributed by atoms with E-state index in [9.17, 15) is 0 Å². The second kappa shape index (κ2) is 6.40. The number of aromatic nitrogens is 1. The topological polar surface area (TPSA) is 4.93 Å². The Kier molecular flexibility index (Phi) is 3.87. The maximum absolute atomic E-state index is 3.54. The van der Waals surface area contributed by atoms with Crippen molar-refractivity contribution in [2.45, 2.75) is 0 Å². The van der Waals surface area contributed by atoms with Crippen molar-refractivity contribution in [1.29, 1.82) is 0 Å². The number of halogens is 1. The van der Waals surface area contributed by atoms with Crippen LogP contribution < -0.4 is 0 Å². The lowest BCUT2D eigenvalue weighted by Gasteiger charge is -2.10. The molecule has 1 aromatic heterocycles. The van der Waals surface area contributed by atoms with Gasteiger partial charge >= 0.3 is 0 Å². The average molecular weight is 412 g/mol. The number of nitrogens with zero attached hydrogens (tertiary/aromatic N) is 1. The van der Waals surface area contributed by atoms with Gasteiger partial charge in [-0.25, -0.2) is 0 Å². The number of hydrogen-bond donors (Lipinski definition) is 0. The van der Waals surface area contributed by atoms with Crippen molar-refractivity contribution in [3.05, 3.63) is 95.5 Å². The molecule has 0 unspecified atom stereocenters. The van der Waals surface area contributed by atoms with Crippen LogP contribution in [0.15, 0.2) is 95.5 Å². The molecule has 0 N–H and O–H groups in total. The van der Waals surface area contributed by atoms with E-state index in [4.69, 9.17) is 0 Å². The van der Waals surface area contributed by atoms with Gasteiger partial charge in [-0.1, -0.05) is 76.6 Å². The highest BCUT2D eigenvalue weighted by Gasteiger charge is 2.15. The van der Waals surface area contributed by atoms with Crippen molar-refractivity contribution < 1.29 is 0 Å². The second-order valence-corrected chi connectivity index (χ2v) is 7.78. The summed E-state index contributed by atoms with van der Waals surface area (Å²) in [4.78, 5) is 0. The molecule has 4 aromatic carbocycles. The van der Waals surface area contributed by atoms with Crippen LogP contribution in [0.4, 0.5) is 0 Å². The Morgan fingerprint density at radius 2 is 1.33 bits per heavy atom. The third-order valence-electron chi connectivity index (χ3n) is 5.28. The number of rotatable bonds is 2. The fourth-order valence-corrected chi connectivity index (χ4v) is 4.20. The minimum absolute atomic E-state index is 1.10. The molecule has 5 aromatic rings. The van der Waals surface area contributed by atoms with Gasteiger partial charge in [0.2, 0.25) is 0 Å². The molecular formula is C25H18BrN. The maximum atomic E-state index is 3.54. The van der Waals surface area contributed by atoms with Crippen LogP contribution >= 0.6 is 15.9 Å². The highest BCUT2D eigenvalue weighted by atomic mass is 79.9.